The highest BCUT2D eigenvalue weighted by atomic mass is 16.4. The molecule has 1 heterocycles. The van der Waals surface area contributed by atoms with Crippen molar-refractivity contribution in [1.29, 1.82) is 0 Å². The maximum absolute atomic E-state index is 11.7. The number of amides is 1. The molecule has 1 atom stereocenters. The van der Waals surface area contributed by atoms with Crippen LogP contribution in [-0.2, 0) is 9.59 Å². The number of aromatic nitrogens is 1. The summed E-state index contributed by atoms with van der Waals surface area (Å²) in [6.07, 6.45) is 2.21. The van der Waals surface area contributed by atoms with E-state index in [1.54, 1.807) is 18.2 Å². The van der Waals surface area contributed by atoms with Crippen LogP contribution in [0.2, 0.25) is 0 Å². The zero-order valence-corrected chi connectivity index (χ0v) is 10.9. The number of carboxylic acids is 1. The Morgan fingerprint density at radius 2 is 2.20 bits per heavy atom. The molecular weight excluding hydrogens is 260 g/mol. The van der Waals surface area contributed by atoms with Gasteiger partial charge in [0.15, 0.2) is 11.5 Å². The molecule has 0 saturated heterocycles. The van der Waals surface area contributed by atoms with E-state index in [4.69, 9.17) is 9.52 Å². The normalized spacial score (nSPS) is 16.1. The van der Waals surface area contributed by atoms with Gasteiger partial charge in [-0.1, -0.05) is 0 Å². The number of carboxylic acid groups (broad SMARTS) is 1. The lowest BCUT2D eigenvalue weighted by Gasteiger charge is -2.07. The van der Waals surface area contributed by atoms with E-state index in [0.717, 1.165) is 18.7 Å². The van der Waals surface area contributed by atoms with Crippen molar-refractivity contribution in [3.8, 4) is 0 Å². The van der Waals surface area contributed by atoms with E-state index in [1.807, 2.05) is 0 Å². The molecular formula is C14H14N2O4. The number of benzene rings is 1. The fraction of sp³-hybridized carbons (Fsp3) is 0.357. The number of nitrogens with zero attached hydrogens (tertiary/aromatic N) is 1. The van der Waals surface area contributed by atoms with Gasteiger partial charge < -0.3 is 14.8 Å². The van der Waals surface area contributed by atoms with E-state index in [2.05, 4.69) is 10.3 Å². The Morgan fingerprint density at radius 1 is 1.45 bits per heavy atom. The van der Waals surface area contributed by atoms with Crippen LogP contribution in [0.5, 0.6) is 0 Å². The van der Waals surface area contributed by atoms with Crippen molar-refractivity contribution in [2.75, 3.05) is 5.32 Å². The lowest BCUT2D eigenvalue weighted by atomic mass is 10.1. The number of anilines is 1. The minimum Gasteiger partial charge on any atom is -0.481 e. The number of aliphatic carboxylic acids is 1. The molecule has 1 aliphatic carbocycles. The highest BCUT2D eigenvalue weighted by Crippen LogP contribution is 2.40. The first-order chi connectivity index (χ1) is 9.54. The first-order valence-electron chi connectivity index (χ1n) is 6.49. The molecule has 1 aromatic heterocycles. The molecule has 2 aromatic rings. The number of hydrogen-bond donors (Lipinski definition) is 2. The van der Waals surface area contributed by atoms with E-state index < -0.39 is 17.8 Å². The molecule has 6 heteroatoms. The molecule has 20 heavy (non-hydrogen) atoms. The van der Waals surface area contributed by atoms with Crippen LogP contribution >= 0.6 is 0 Å². The Hall–Kier alpha value is -2.37. The Morgan fingerprint density at radius 3 is 2.85 bits per heavy atom. The fourth-order valence-corrected chi connectivity index (χ4v) is 1.89. The van der Waals surface area contributed by atoms with Crippen LogP contribution in [0.25, 0.3) is 11.1 Å². The van der Waals surface area contributed by atoms with E-state index in [1.165, 1.54) is 6.92 Å². The number of nitrogens with one attached hydrogen (secondary N) is 1. The zero-order chi connectivity index (χ0) is 14.3. The van der Waals surface area contributed by atoms with Crippen LogP contribution < -0.4 is 5.32 Å². The first kappa shape index (κ1) is 12.7. The third kappa shape index (κ3) is 2.36. The number of oxazole rings is 1. The fourth-order valence-electron chi connectivity index (χ4n) is 1.89. The Labute approximate surface area is 114 Å². The molecule has 1 unspecified atom stereocenters. The molecule has 6 nitrogen and oxygen atoms in total. The van der Waals surface area contributed by atoms with Gasteiger partial charge in [0, 0.05) is 11.6 Å². The van der Waals surface area contributed by atoms with Gasteiger partial charge >= 0.3 is 5.97 Å². The summed E-state index contributed by atoms with van der Waals surface area (Å²) in [6, 6.07) is 5.10. The van der Waals surface area contributed by atoms with Gasteiger partial charge in [-0.05, 0) is 38.0 Å². The van der Waals surface area contributed by atoms with Gasteiger partial charge in [-0.15, -0.1) is 0 Å². The van der Waals surface area contributed by atoms with Gasteiger partial charge in [-0.2, -0.15) is 0 Å². The Balaban J connectivity index is 1.81. The lowest BCUT2D eigenvalue weighted by Crippen LogP contribution is -2.26. The number of hydrogen-bond acceptors (Lipinski definition) is 4. The Kier molecular flexibility index (Phi) is 2.93. The molecule has 1 saturated carbocycles. The van der Waals surface area contributed by atoms with Crippen LogP contribution in [0.1, 0.15) is 31.6 Å². The molecule has 1 aliphatic rings. The van der Waals surface area contributed by atoms with E-state index >= 15 is 0 Å². The summed E-state index contributed by atoms with van der Waals surface area (Å²) in [7, 11) is 0. The minimum absolute atomic E-state index is 0.424. The second-order valence-corrected chi connectivity index (χ2v) is 5.06. The second-order valence-electron chi connectivity index (χ2n) is 5.06. The predicted octanol–water partition coefficient (Wildman–Crippen LogP) is 2.36. The number of carbonyl (C=O) groups is 2. The maximum Gasteiger partial charge on any atom is 0.315 e. The summed E-state index contributed by atoms with van der Waals surface area (Å²) in [4.78, 5) is 26.8. The van der Waals surface area contributed by atoms with Gasteiger partial charge in [0.2, 0.25) is 5.91 Å². The summed E-state index contributed by atoms with van der Waals surface area (Å²) in [5, 5.41) is 11.4. The number of rotatable bonds is 4. The third-order valence-electron chi connectivity index (χ3n) is 3.36. The highest BCUT2D eigenvalue weighted by Gasteiger charge is 2.29. The maximum atomic E-state index is 11.7. The molecule has 0 bridgehead atoms. The largest absolute Gasteiger partial charge is 0.481 e. The lowest BCUT2D eigenvalue weighted by molar-refractivity contribution is -0.144. The standard InChI is InChI=1S/C14H14N2O4/c1-7(14(18)19)12(17)15-9-4-5-11-10(6-9)16-13(20-11)8-2-3-8/h4-8H,2-3H2,1H3,(H,15,17)(H,18,19). The second kappa shape index (κ2) is 4.63. The quantitative estimate of drug-likeness (QED) is 0.835. The van der Waals surface area contributed by atoms with Crippen LogP contribution in [0.15, 0.2) is 22.6 Å². The summed E-state index contributed by atoms with van der Waals surface area (Å²) < 4.78 is 5.62. The van der Waals surface area contributed by atoms with Crippen molar-refractivity contribution in [2.24, 2.45) is 5.92 Å². The van der Waals surface area contributed by atoms with E-state index in [0.29, 0.717) is 22.7 Å². The number of fused-ring (bicyclic) bond motifs is 1. The molecule has 104 valence electrons. The molecule has 1 fully saturated rings. The average molecular weight is 274 g/mol. The van der Waals surface area contributed by atoms with Gasteiger partial charge in [-0.25, -0.2) is 4.98 Å². The number of carbonyl (C=O) groups excluding carboxylic acids is 1. The van der Waals surface area contributed by atoms with Gasteiger partial charge in [0.05, 0.1) is 0 Å². The van der Waals surface area contributed by atoms with Crippen LogP contribution in [0.3, 0.4) is 0 Å². The van der Waals surface area contributed by atoms with E-state index in [-0.39, 0.29) is 0 Å². The zero-order valence-electron chi connectivity index (χ0n) is 10.9. The van der Waals surface area contributed by atoms with Gasteiger partial charge in [-0.3, -0.25) is 9.59 Å². The smallest absolute Gasteiger partial charge is 0.315 e. The monoisotopic (exact) mass is 274 g/mol. The van der Waals surface area contributed by atoms with Crippen molar-refractivity contribution >= 4 is 28.7 Å². The Bertz CT molecular complexity index is 688. The van der Waals surface area contributed by atoms with Crippen LogP contribution in [0.4, 0.5) is 5.69 Å². The third-order valence-corrected chi connectivity index (χ3v) is 3.36. The molecule has 0 aliphatic heterocycles. The summed E-state index contributed by atoms with van der Waals surface area (Å²) in [6.45, 7) is 1.34. The molecule has 0 radical (unpaired) electrons. The van der Waals surface area contributed by atoms with Crippen LogP contribution in [0, 0.1) is 5.92 Å². The summed E-state index contributed by atoms with van der Waals surface area (Å²) in [5.74, 6) is -1.64. The van der Waals surface area contributed by atoms with Crippen LogP contribution in [-0.4, -0.2) is 22.0 Å². The molecule has 0 spiro atoms. The molecule has 1 amide bonds. The van der Waals surface area contributed by atoms with Gasteiger partial charge in [0.25, 0.3) is 0 Å². The topological polar surface area (TPSA) is 92.4 Å². The van der Waals surface area contributed by atoms with E-state index in [9.17, 15) is 9.59 Å². The van der Waals surface area contributed by atoms with Crippen molar-refractivity contribution in [2.45, 2.75) is 25.7 Å². The molecule has 2 N–H and O–H groups in total. The predicted molar refractivity (Wildman–Crippen MR) is 71.4 cm³/mol. The molecule has 3 rings (SSSR count). The highest BCUT2D eigenvalue weighted by molar-refractivity contribution is 6.04. The van der Waals surface area contributed by atoms with Crippen molar-refractivity contribution in [3.05, 3.63) is 24.1 Å². The van der Waals surface area contributed by atoms with Crippen molar-refractivity contribution < 1.29 is 19.1 Å². The van der Waals surface area contributed by atoms with Gasteiger partial charge in [0.1, 0.15) is 11.4 Å². The summed E-state index contributed by atoms with van der Waals surface area (Å²) in [5.41, 5.74) is 1.87. The molecule has 1 aromatic carbocycles. The van der Waals surface area contributed by atoms with Crippen molar-refractivity contribution in [1.82, 2.24) is 4.98 Å². The summed E-state index contributed by atoms with van der Waals surface area (Å²) >= 11 is 0. The SMILES string of the molecule is CC(C(=O)O)C(=O)Nc1ccc2oc(C3CC3)nc2c1. The van der Waals surface area contributed by atoms with Crippen molar-refractivity contribution in [3.63, 3.8) is 0 Å². The average Bonchev–Trinajstić information content (AvgIpc) is 3.17. The minimum atomic E-state index is -1.15. The first-order valence-corrected chi connectivity index (χ1v) is 6.49.